The summed E-state index contributed by atoms with van der Waals surface area (Å²) in [6, 6.07) is 13.9. The van der Waals surface area contributed by atoms with Crippen LogP contribution in [0.2, 0.25) is 0 Å². The van der Waals surface area contributed by atoms with Crippen molar-refractivity contribution in [3.05, 3.63) is 66.4 Å². The third kappa shape index (κ3) is 4.78. The largest absolute Gasteiger partial charge is 0.493 e. The summed E-state index contributed by atoms with van der Waals surface area (Å²) in [5, 5.41) is 21.6. The van der Waals surface area contributed by atoms with Gasteiger partial charge in [0, 0.05) is 17.5 Å². The standard InChI is InChI=1S/C22H21N5O5S/c1-13(2)27-33(30,31)14-9-10-17-16(12-14)20(22(29)23-17)26-25-18-7-4-3-6-15(18)21(28)24-19-8-5-11-32-19/h3-13,23,27,29H,1-2H3,(H,24,28). The third-order valence-corrected chi connectivity index (χ3v) is 6.25. The second kappa shape index (κ2) is 8.88. The molecule has 1 amide bonds. The Morgan fingerprint density at radius 2 is 1.88 bits per heavy atom. The molecule has 0 bridgehead atoms. The number of azo groups is 1. The van der Waals surface area contributed by atoms with Crippen molar-refractivity contribution in [3.8, 4) is 5.88 Å². The lowest BCUT2D eigenvalue weighted by Crippen LogP contribution is -2.30. The van der Waals surface area contributed by atoms with Crippen molar-refractivity contribution in [1.29, 1.82) is 0 Å². The SMILES string of the molecule is CC(C)NS(=O)(=O)c1ccc2[nH]c(O)c(N=Nc3ccccc3C(=O)Nc3ccco3)c2c1. The van der Waals surface area contributed by atoms with Gasteiger partial charge in [0.1, 0.15) is 0 Å². The average Bonchev–Trinajstić information content (AvgIpc) is 3.38. The molecule has 4 rings (SSSR count). The highest BCUT2D eigenvalue weighted by Gasteiger charge is 2.19. The van der Waals surface area contributed by atoms with E-state index in [2.05, 4.69) is 25.3 Å². The second-order valence-electron chi connectivity index (χ2n) is 7.45. The van der Waals surface area contributed by atoms with Gasteiger partial charge in [0.15, 0.2) is 11.6 Å². The number of benzene rings is 2. The minimum Gasteiger partial charge on any atom is -0.493 e. The summed E-state index contributed by atoms with van der Waals surface area (Å²) >= 11 is 0. The normalized spacial score (nSPS) is 12.1. The first-order chi connectivity index (χ1) is 15.7. The van der Waals surface area contributed by atoms with Crippen molar-refractivity contribution in [1.82, 2.24) is 9.71 Å². The molecule has 0 aliphatic carbocycles. The molecule has 4 N–H and O–H groups in total. The molecule has 2 aromatic heterocycles. The number of sulfonamides is 1. The van der Waals surface area contributed by atoms with Crippen molar-refractivity contribution in [2.24, 2.45) is 10.2 Å². The van der Waals surface area contributed by atoms with Gasteiger partial charge in [0.25, 0.3) is 5.91 Å². The number of nitrogens with zero attached hydrogens (tertiary/aromatic N) is 2. The number of hydrogen-bond acceptors (Lipinski definition) is 7. The minimum absolute atomic E-state index is 0.0253. The van der Waals surface area contributed by atoms with E-state index < -0.39 is 15.9 Å². The molecule has 0 unspecified atom stereocenters. The van der Waals surface area contributed by atoms with Crippen LogP contribution in [0.5, 0.6) is 5.88 Å². The number of aromatic nitrogens is 1. The van der Waals surface area contributed by atoms with Crippen LogP contribution in [-0.4, -0.2) is 30.5 Å². The van der Waals surface area contributed by atoms with Crippen LogP contribution in [0, 0.1) is 0 Å². The zero-order chi connectivity index (χ0) is 23.6. The lowest BCUT2D eigenvalue weighted by atomic mass is 10.1. The maximum Gasteiger partial charge on any atom is 0.260 e. The van der Waals surface area contributed by atoms with E-state index >= 15 is 0 Å². The molecule has 10 nitrogen and oxygen atoms in total. The summed E-state index contributed by atoms with van der Waals surface area (Å²) in [5.41, 5.74) is 1.02. The number of anilines is 1. The van der Waals surface area contributed by atoms with Crippen LogP contribution in [0.25, 0.3) is 10.9 Å². The molecule has 2 aromatic carbocycles. The number of furan rings is 1. The summed E-state index contributed by atoms with van der Waals surface area (Å²) < 4.78 is 32.7. The molecule has 0 saturated heterocycles. The number of amides is 1. The molecule has 11 heteroatoms. The van der Waals surface area contributed by atoms with E-state index in [1.54, 1.807) is 50.2 Å². The highest BCUT2D eigenvalue weighted by molar-refractivity contribution is 7.89. The number of carbonyl (C=O) groups excluding carboxylic acids is 1. The van der Waals surface area contributed by atoms with Crippen LogP contribution in [-0.2, 0) is 10.0 Å². The van der Waals surface area contributed by atoms with Gasteiger partial charge in [0.05, 0.1) is 27.9 Å². The van der Waals surface area contributed by atoms with E-state index in [1.807, 2.05) is 0 Å². The van der Waals surface area contributed by atoms with Gasteiger partial charge in [-0.15, -0.1) is 10.2 Å². The Hall–Kier alpha value is -3.96. The zero-order valence-electron chi connectivity index (χ0n) is 17.7. The van der Waals surface area contributed by atoms with Crippen molar-refractivity contribution >= 4 is 44.1 Å². The number of rotatable bonds is 7. The molecule has 2 heterocycles. The minimum atomic E-state index is -3.75. The topological polar surface area (TPSA) is 149 Å². The smallest absolute Gasteiger partial charge is 0.260 e. The first-order valence-corrected chi connectivity index (χ1v) is 11.5. The summed E-state index contributed by atoms with van der Waals surface area (Å²) in [6.45, 7) is 3.44. The Kier molecular flexibility index (Phi) is 5.99. The first-order valence-electron chi connectivity index (χ1n) is 9.97. The fraction of sp³-hybridized carbons (Fsp3) is 0.136. The fourth-order valence-corrected chi connectivity index (χ4v) is 4.45. The molecule has 33 heavy (non-hydrogen) atoms. The monoisotopic (exact) mass is 467 g/mol. The maximum atomic E-state index is 12.6. The number of fused-ring (bicyclic) bond motifs is 1. The molecule has 0 radical (unpaired) electrons. The van der Waals surface area contributed by atoms with Crippen LogP contribution >= 0.6 is 0 Å². The number of carbonyl (C=O) groups is 1. The molecule has 0 spiro atoms. The summed E-state index contributed by atoms with van der Waals surface area (Å²) in [5.74, 6) is -0.446. The van der Waals surface area contributed by atoms with E-state index in [0.29, 0.717) is 10.9 Å². The van der Waals surface area contributed by atoms with Gasteiger partial charge >= 0.3 is 0 Å². The molecule has 0 fully saturated rings. The molecule has 0 aliphatic rings. The summed E-state index contributed by atoms with van der Waals surface area (Å²) in [6.07, 6.45) is 1.44. The Labute approximate surface area is 189 Å². The van der Waals surface area contributed by atoms with E-state index in [0.717, 1.165) is 0 Å². The van der Waals surface area contributed by atoms with Gasteiger partial charge in [-0.3, -0.25) is 10.1 Å². The third-order valence-electron chi connectivity index (χ3n) is 4.59. The number of aromatic amines is 1. The van der Waals surface area contributed by atoms with Gasteiger partial charge in [0.2, 0.25) is 15.9 Å². The first kappa shape index (κ1) is 22.2. The van der Waals surface area contributed by atoms with Gasteiger partial charge < -0.3 is 14.5 Å². The maximum absolute atomic E-state index is 12.6. The van der Waals surface area contributed by atoms with Crippen molar-refractivity contribution in [2.45, 2.75) is 24.8 Å². The van der Waals surface area contributed by atoms with E-state index in [1.165, 1.54) is 24.5 Å². The number of H-pyrrole nitrogens is 1. The molecule has 0 aliphatic heterocycles. The summed E-state index contributed by atoms with van der Waals surface area (Å²) in [7, 11) is -3.75. The van der Waals surface area contributed by atoms with Crippen molar-refractivity contribution < 1.29 is 22.7 Å². The zero-order valence-corrected chi connectivity index (χ0v) is 18.6. The van der Waals surface area contributed by atoms with E-state index in [-0.39, 0.29) is 39.6 Å². The van der Waals surface area contributed by atoms with Crippen LogP contribution in [0.1, 0.15) is 24.2 Å². The highest BCUT2D eigenvalue weighted by atomic mass is 32.2. The quantitative estimate of drug-likeness (QED) is 0.287. The van der Waals surface area contributed by atoms with Gasteiger partial charge in [-0.05, 0) is 50.2 Å². The summed E-state index contributed by atoms with van der Waals surface area (Å²) in [4.78, 5) is 15.4. The van der Waals surface area contributed by atoms with Gasteiger partial charge in [-0.1, -0.05) is 12.1 Å². The average molecular weight is 468 g/mol. The van der Waals surface area contributed by atoms with Crippen LogP contribution in [0.15, 0.2) is 80.4 Å². The van der Waals surface area contributed by atoms with Crippen molar-refractivity contribution in [2.75, 3.05) is 5.32 Å². The molecule has 4 aromatic rings. The fourth-order valence-electron chi connectivity index (χ4n) is 3.17. The lowest BCUT2D eigenvalue weighted by molar-refractivity contribution is 0.102. The Balaban J connectivity index is 1.70. The van der Waals surface area contributed by atoms with E-state index in [9.17, 15) is 18.3 Å². The second-order valence-corrected chi connectivity index (χ2v) is 9.17. The number of nitrogens with one attached hydrogen (secondary N) is 3. The highest BCUT2D eigenvalue weighted by Crippen LogP contribution is 2.37. The number of aromatic hydroxyl groups is 1. The molecule has 0 atom stereocenters. The Morgan fingerprint density at radius 1 is 1.09 bits per heavy atom. The molecule has 170 valence electrons. The predicted molar refractivity (Wildman–Crippen MR) is 123 cm³/mol. The van der Waals surface area contributed by atoms with Crippen LogP contribution in [0.3, 0.4) is 0 Å². The molecule has 0 saturated carbocycles. The number of hydrogen-bond donors (Lipinski definition) is 4. The van der Waals surface area contributed by atoms with Crippen LogP contribution < -0.4 is 10.0 Å². The van der Waals surface area contributed by atoms with E-state index in [4.69, 9.17) is 4.42 Å². The molecular weight excluding hydrogens is 446 g/mol. The van der Waals surface area contributed by atoms with Crippen molar-refractivity contribution in [3.63, 3.8) is 0 Å². The Bertz CT molecular complexity index is 1440. The Morgan fingerprint density at radius 3 is 2.61 bits per heavy atom. The van der Waals surface area contributed by atoms with Gasteiger partial charge in [-0.25, -0.2) is 13.1 Å². The lowest BCUT2D eigenvalue weighted by Gasteiger charge is -2.09. The van der Waals surface area contributed by atoms with Gasteiger partial charge in [-0.2, -0.15) is 0 Å². The molecular formula is C22H21N5O5S. The predicted octanol–water partition coefficient (Wildman–Crippen LogP) is 4.82. The van der Waals surface area contributed by atoms with Crippen LogP contribution in [0.4, 0.5) is 17.3 Å².